The van der Waals surface area contributed by atoms with Gasteiger partial charge >= 0.3 is 0 Å². The van der Waals surface area contributed by atoms with E-state index in [9.17, 15) is 0 Å². The van der Waals surface area contributed by atoms with E-state index in [4.69, 9.17) is 19.4 Å². The molecule has 50 heavy (non-hydrogen) atoms. The van der Waals surface area contributed by atoms with E-state index in [0.717, 1.165) is 55.3 Å². The first-order chi connectivity index (χ1) is 24.8. The molecule has 0 radical (unpaired) electrons. The first kappa shape index (κ1) is 28.2. The van der Waals surface area contributed by atoms with Gasteiger partial charge in [0.2, 0.25) is 0 Å². The second-order valence-corrected chi connectivity index (χ2v) is 12.5. The Labute approximate surface area is 287 Å². The third kappa shape index (κ3) is 4.60. The normalized spacial score (nSPS) is 11.6. The van der Waals surface area contributed by atoms with Crippen molar-refractivity contribution >= 4 is 43.7 Å². The highest BCUT2D eigenvalue weighted by Gasteiger charge is 2.20. The molecule has 7 aromatic carbocycles. The zero-order valence-electron chi connectivity index (χ0n) is 26.9. The monoisotopic (exact) mass is 640 g/mol. The van der Waals surface area contributed by atoms with E-state index < -0.39 is 0 Å². The van der Waals surface area contributed by atoms with Crippen molar-refractivity contribution in [3.8, 4) is 51.0 Å². The molecule has 0 aliphatic rings. The Morgan fingerprint density at radius 1 is 0.380 bits per heavy atom. The third-order valence-electron chi connectivity index (χ3n) is 9.46. The van der Waals surface area contributed by atoms with Gasteiger partial charge in [0.15, 0.2) is 17.5 Å². The van der Waals surface area contributed by atoms with Gasteiger partial charge in [0.1, 0.15) is 11.2 Å². The SMILES string of the molecule is c1ccc(-c2ccc(-n3c4ccccc4c4ccc5oc6ccc(-c7nc(-c8ccccc8)nc(-c8ccccc8)n7)cc6c5c43)cc2)cc1. The summed E-state index contributed by atoms with van der Waals surface area (Å²) in [5, 5.41) is 4.44. The molecule has 0 atom stereocenters. The summed E-state index contributed by atoms with van der Waals surface area (Å²) in [4.78, 5) is 14.9. The molecule has 0 fully saturated rings. The van der Waals surface area contributed by atoms with Gasteiger partial charge in [0, 0.05) is 38.5 Å². The summed E-state index contributed by atoms with van der Waals surface area (Å²) < 4.78 is 8.90. The highest BCUT2D eigenvalue weighted by molar-refractivity contribution is 6.24. The first-order valence-electron chi connectivity index (χ1n) is 16.7. The van der Waals surface area contributed by atoms with Crippen molar-refractivity contribution in [2.75, 3.05) is 0 Å². The lowest BCUT2D eigenvalue weighted by atomic mass is 10.0. The maximum atomic E-state index is 6.53. The number of hydrogen-bond acceptors (Lipinski definition) is 4. The predicted molar refractivity (Wildman–Crippen MR) is 203 cm³/mol. The van der Waals surface area contributed by atoms with E-state index in [2.05, 4.69) is 95.6 Å². The van der Waals surface area contributed by atoms with E-state index in [1.807, 2.05) is 78.9 Å². The Bertz CT molecular complexity index is 2780. The van der Waals surface area contributed by atoms with Crippen molar-refractivity contribution in [2.45, 2.75) is 0 Å². The summed E-state index contributed by atoms with van der Waals surface area (Å²) in [7, 11) is 0. The number of para-hydroxylation sites is 1. The summed E-state index contributed by atoms with van der Waals surface area (Å²) in [6.45, 7) is 0. The zero-order chi connectivity index (χ0) is 33.0. The average molecular weight is 641 g/mol. The van der Waals surface area contributed by atoms with Crippen LogP contribution in [0.3, 0.4) is 0 Å². The van der Waals surface area contributed by atoms with E-state index in [0.29, 0.717) is 17.5 Å². The highest BCUT2D eigenvalue weighted by atomic mass is 16.3. The molecular formula is C45H28N4O. The quantitative estimate of drug-likeness (QED) is 0.188. The Morgan fingerprint density at radius 2 is 0.900 bits per heavy atom. The molecule has 0 saturated carbocycles. The minimum atomic E-state index is 0.609. The van der Waals surface area contributed by atoms with Gasteiger partial charge in [-0.25, -0.2) is 15.0 Å². The fraction of sp³-hybridized carbons (Fsp3) is 0. The van der Waals surface area contributed by atoms with E-state index in [1.54, 1.807) is 0 Å². The van der Waals surface area contributed by atoms with Crippen LogP contribution in [0.5, 0.6) is 0 Å². The molecule has 0 aliphatic heterocycles. The summed E-state index contributed by atoms with van der Waals surface area (Å²) in [6, 6.07) is 58.6. The molecule has 10 rings (SSSR count). The molecule has 234 valence electrons. The Hall–Kier alpha value is -6.85. The molecule has 0 N–H and O–H groups in total. The maximum absolute atomic E-state index is 6.53. The van der Waals surface area contributed by atoms with Crippen LogP contribution in [-0.2, 0) is 0 Å². The maximum Gasteiger partial charge on any atom is 0.164 e. The number of benzene rings is 7. The third-order valence-corrected chi connectivity index (χ3v) is 9.46. The van der Waals surface area contributed by atoms with Crippen molar-refractivity contribution < 1.29 is 4.42 Å². The van der Waals surface area contributed by atoms with Gasteiger partial charge in [0.25, 0.3) is 0 Å². The van der Waals surface area contributed by atoms with Crippen LogP contribution in [0.4, 0.5) is 0 Å². The number of rotatable bonds is 5. The van der Waals surface area contributed by atoms with Crippen molar-refractivity contribution in [1.82, 2.24) is 19.5 Å². The molecule has 5 nitrogen and oxygen atoms in total. The van der Waals surface area contributed by atoms with Crippen LogP contribution < -0.4 is 0 Å². The van der Waals surface area contributed by atoms with Crippen molar-refractivity contribution in [2.24, 2.45) is 0 Å². The van der Waals surface area contributed by atoms with Crippen molar-refractivity contribution in [1.29, 1.82) is 0 Å². The van der Waals surface area contributed by atoms with E-state index in [1.165, 1.54) is 21.9 Å². The van der Waals surface area contributed by atoms with E-state index in [-0.39, 0.29) is 0 Å². The molecule has 0 amide bonds. The molecule has 10 aromatic rings. The summed E-state index contributed by atoms with van der Waals surface area (Å²) in [6.07, 6.45) is 0. The molecule has 3 heterocycles. The number of hydrogen-bond donors (Lipinski definition) is 0. The minimum Gasteiger partial charge on any atom is -0.456 e. The van der Waals surface area contributed by atoms with Gasteiger partial charge < -0.3 is 8.98 Å². The smallest absolute Gasteiger partial charge is 0.164 e. The predicted octanol–water partition coefficient (Wildman–Crippen LogP) is 11.5. The lowest BCUT2D eigenvalue weighted by molar-refractivity contribution is 0.669. The van der Waals surface area contributed by atoms with Crippen LogP contribution in [-0.4, -0.2) is 19.5 Å². The number of nitrogens with zero attached hydrogens (tertiary/aromatic N) is 4. The van der Waals surface area contributed by atoms with Gasteiger partial charge in [-0.1, -0.05) is 121 Å². The van der Waals surface area contributed by atoms with Crippen LogP contribution >= 0.6 is 0 Å². The largest absolute Gasteiger partial charge is 0.456 e. The lowest BCUT2D eigenvalue weighted by Crippen LogP contribution is -2.00. The topological polar surface area (TPSA) is 56.7 Å². The Morgan fingerprint density at radius 3 is 1.56 bits per heavy atom. The molecule has 3 aromatic heterocycles. The standard InChI is InChI=1S/C45H28N4O/c1-4-12-29(13-5-1)30-20-23-34(24-21-30)49-38-19-11-10-18-35(38)36-25-27-40-41(42(36)49)37-28-33(22-26-39(37)50-40)45-47-43(31-14-6-2-7-15-31)46-44(48-45)32-16-8-3-9-17-32/h1-28H. The van der Waals surface area contributed by atoms with Gasteiger partial charge in [-0.2, -0.15) is 0 Å². The summed E-state index contributed by atoms with van der Waals surface area (Å²) in [5.41, 5.74) is 10.1. The van der Waals surface area contributed by atoms with Gasteiger partial charge in [-0.05, 0) is 59.7 Å². The van der Waals surface area contributed by atoms with Crippen LogP contribution in [0.15, 0.2) is 174 Å². The second kappa shape index (κ2) is 11.4. The molecular weight excluding hydrogens is 613 g/mol. The lowest BCUT2D eigenvalue weighted by Gasteiger charge is -2.10. The van der Waals surface area contributed by atoms with Crippen LogP contribution in [0, 0.1) is 0 Å². The van der Waals surface area contributed by atoms with Gasteiger partial charge in [-0.3, -0.25) is 0 Å². The Kier molecular flexibility index (Phi) is 6.42. The Balaban J connectivity index is 1.21. The van der Waals surface area contributed by atoms with Crippen LogP contribution in [0.2, 0.25) is 0 Å². The molecule has 0 unspecified atom stereocenters. The molecule has 0 aliphatic carbocycles. The fourth-order valence-electron chi connectivity index (χ4n) is 7.10. The van der Waals surface area contributed by atoms with Crippen LogP contribution in [0.1, 0.15) is 0 Å². The molecule has 5 heteroatoms. The zero-order valence-corrected chi connectivity index (χ0v) is 26.9. The second-order valence-electron chi connectivity index (χ2n) is 12.5. The molecule has 0 saturated heterocycles. The summed E-state index contributed by atoms with van der Waals surface area (Å²) in [5.74, 6) is 1.87. The molecule has 0 spiro atoms. The van der Waals surface area contributed by atoms with Crippen LogP contribution in [0.25, 0.3) is 94.7 Å². The van der Waals surface area contributed by atoms with Gasteiger partial charge in [0.05, 0.1) is 16.4 Å². The van der Waals surface area contributed by atoms with E-state index >= 15 is 0 Å². The average Bonchev–Trinajstić information content (AvgIpc) is 3.74. The first-order valence-corrected chi connectivity index (χ1v) is 16.7. The minimum absolute atomic E-state index is 0.609. The highest BCUT2D eigenvalue weighted by Crippen LogP contribution is 2.42. The van der Waals surface area contributed by atoms with Gasteiger partial charge in [-0.15, -0.1) is 0 Å². The summed E-state index contributed by atoms with van der Waals surface area (Å²) >= 11 is 0. The number of furan rings is 1. The van der Waals surface area contributed by atoms with Crippen molar-refractivity contribution in [3.63, 3.8) is 0 Å². The van der Waals surface area contributed by atoms with Crippen molar-refractivity contribution in [3.05, 3.63) is 170 Å². The fourth-order valence-corrected chi connectivity index (χ4v) is 7.10. The molecule has 0 bridgehead atoms. The number of fused-ring (bicyclic) bond motifs is 7. The number of aromatic nitrogens is 4.